The number of rotatable bonds is 3. The SMILES string of the molecule is Cc1ccc(C2=C(c3ccc(S(C)(=O)=O)cc3)CC3(CC3)C2)cc1C. The molecular formula is C22H24O2S. The van der Waals surface area contributed by atoms with Gasteiger partial charge in [0, 0.05) is 6.26 Å². The lowest BCUT2D eigenvalue weighted by molar-refractivity contribution is 0.568. The van der Waals surface area contributed by atoms with Crippen LogP contribution in [0.1, 0.15) is 47.9 Å². The fraction of sp³-hybridized carbons (Fsp3) is 0.364. The predicted octanol–water partition coefficient (Wildman–Crippen LogP) is 5.19. The molecule has 0 aliphatic heterocycles. The van der Waals surface area contributed by atoms with Crippen LogP contribution in [0, 0.1) is 19.3 Å². The lowest BCUT2D eigenvalue weighted by Crippen LogP contribution is -1.97. The molecule has 1 fully saturated rings. The third-order valence-electron chi connectivity index (χ3n) is 5.91. The van der Waals surface area contributed by atoms with Gasteiger partial charge >= 0.3 is 0 Å². The zero-order valence-corrected chi connectivity index (χ0v) is 15.9. The van der Waals surface area contributed by atoms with Gasteiger partial charge in [0.25, 0.3) is 0 Å². The fourth-order valence-electron chi connectivity index (χ4n) is 3.94. The molecule has 0 bridgehead atoms. The minimum Gasteiger partial charge on any atom is -0.224 e. The van der Waals surface area contributed by atoms with Crippen LogP contribution in [0.4, 0.5) is 0 Å². The predicted molar refractivity (Wildman–Crippen MR) is 103 cm³/mol. The first-order valence-electron chi connectivity index (χ1n) is 8.88. The number of hydrogen-bond donors (Lipinski definition) is 0. The van der Waals surface area contributed by atoms with Crippen LogP contribution in [0.15, 0.2) is 47.4 Å². The Morgan fingerprint density at radius 3 is 1.88 bits per heavy atom. The van der Waals surface area contributed by atoms with Gasteiger partial charge in [0.15, 0.2) is 9.84 Å². The molecule has 25 heavy (non-hydrogen) atoms. The molecule has 0 heterocycles. The normalized spacial score (nSPS) is 18.8. The molecule has 0 amide bonds. The van der Waals surface area contributed by atoms with Gasteiger partial charge in [-0.1, -0.05) is 30.3 Å². The van der Waals surface area contributed by atoms with E-state index in [4.69, 9.17) is 0 Å². The minimum absolute atomic E-state index is 0.392. The van der Waals surface area contributed by atoms with Crippen molar-refractivity contribution in [2.75, 3.05) is 6.26 Å². The van der Waals surface area contributed by atoms with Crippen LogP contribution >= 0.6 is 0 Å². The highest BCUT2D eigenvalue weighted by molar-refractivity contribution is 7.90. The van der Waals surface area contributed by atoms with Crippen molar-refractivity contribution < 1.29 is 8.42 Å². The van der Waals surface area contributed by atoms with Crippen LogP contribution in [0.25, 0.3) is 11.1 Å². The summed E-state index contributed by atoms with van der Waals surface area (Å²) in [6, 6.07) is 14.2. The van der Waals surface area contributed by atoms with Gasteiger partial charge in [-0.3, -0.25) is 0 Å². The summed E-state index contributed by atoms with van der Waals surface area (Å²) in [5, 5.41) is 0. The quantitative estimate of drug-likeness (QED) is 0.761. The second-order valence-electron chi connectivity index (χ2n) is 7.91. The Morgan fingerprint density at radius 1 is 0.800 bits per heavy atom. The van der Waals surface area contributed by atoms with Crippen LogP contribution in [0.5, 0.6) is 0 Å². The summed E-state index contributed by atoms with van der Waals surface area (Å²) in [6.07, 6.45) is 6.15. The lowest BCUT2D eigenvalue weighted by Gasteiger charge is -2.11. The van der Waals surface area contributed by atoms with Crippen molar-refractivity contribution in [1.82, 2.24) is 0 Å². The summed E-state index contributed by atoms with van der Waals surface area (Å²) >= 11 is 0. The molecule has 2 aromatic rings. The van der Waals surface area contributed by atoms with Crippen molar-refractivity contribution in [3.8, 4) is 0 Å². The molecule has 2 aromatic carbocycles. The topological polar surface area (TPSA) is 34.1 Å². The summed E-state index contributed by atoms with van der Waals surface area (Å²) in [6.45, 7) is 4.32. The Hall–Kier alpha value is -1.87. The molecule has 0 N–H and O–H groups in total. The molecule has 0 unspecified atom stereocenters. The van der Waals surface area contributed by atoms with Crippen LogP contribution in [-0.2, 0) is 9.84 Å². The van der Waals surface area contributed by atoms with E-state index in [1.165, 1.54) is 52.5 Å². The minimum atomic E-state index is -3.15. The summed E-state index contributed by atoms with van der Waals surface area (Å²) < 4.78 is 23.4. The Kier molecular flexibility index (Phi) is 3.69. The molecule has 2 aliphatic carbocycles. The molecule has 4 rings (SSSR count). The molecule has 0 saturated heterocycles. The smallest absolute Gasteiger partial charge is 0.175 e. The Balaban J connectivity index is 1.79. The maximum absolute atomic E-state index is 11.7. The van der Waals surface area contributed by atoms with Gasteiger partial charge in [0.2, 0.25) is 0 Å². The second kappa shape index (κ2) is 5.57. The van der Waals surface area contributed by atoms with Gasteiger partial charge in [-0.15, -0.1) is 0 Å². The van der Waals surface area contributed by atoms with E-state index < -0.39 is 9.84 Å². The summed E-state index contributed by atoms with van der Waals surface area (Å²) in [5.41, 5.74) is 8.47. The van der Waals surface area contributed by atoms with E-state index >= 15 is 0 Å². The number of sulfone groups is 1. The average Bonchev–Trinajstić information content (AvgIpc) is 3.20. The van der Waals surface area contributed by atoms with Gasteiger partial charge in [-0.2, -0.15) is 0 Å². The zero-order valence-electron chi connectivity index (χ0n) is 15.1. The van der Waals surface area contributed by atoms with Gasteiger partial charge in [0.05, 0.1) is 4.90 Å². The van der Waals surface area contributed by atoms with Crippen molar-refractivity contribution in [3.05, 3.63) is 64.7 Å². The molecule has 130 valence electrons. The number of benzene rings is 2. The molecular weight excluding hydrogens is 328 g/mol. The molecule has 0 aromatic heterocycles. The van der Waals surface area contributed by atoms with Crippen LogP contribution in [0.2, 0.25) is 0 Å². The average molecular weight is 352 g/mol. The van der Waals surface area contributed by atoms with E-state index in [9.17, 15) is 8.42 Å². The first-order chi connectivity index (χ1) is 11.8. The van der Waals surface area contributed by atoms with Crippen LogP contribution in [-0.4, -0.2) is 14.7 Å². The molecule has 0 radical (unpaired) electrons. The largest absolute Gasteiger partial charge is 0.224 e. The summed E-state index contributed by atoms with van der Waals surface area (Å²) in [4.78, 5) is 0.392. The van der Waals surface area contributed by atoms with Crippen molar-refractivity contribution >= 4 is 21.0 Å². The Labute approximate surface area is 150 Å². The second-order valence-corrected chi connectivity index (χ2v) is 9.92. The standard InChI is InChI=1S/C22H24O2S/c1-15-4-5-18(12-16(15)2)21-14-22(10-11-22)13-20(21)17-6-8-19(9-7-17)25(3,23)24/h4-9,12H,10-11,13-14H2,1-3H3. The number of aryl methyl sites for hydroxylation is 2. The summed E-state index contributed by atoms with van der Waals surface area (Å²) in [7, 11) is -3.15. The van der Waals surface area contributed by atoms with Crippen molar-refractivity contribution in [1.29, 1.82) is 0 Å². The summed E-state index contributed by atoms with van der Waals surface area (Å²) in [5.74, 6) is 0. The molecule has 1 saturated carbocycles. The highest BCUT2D eigenvalue weighted by Gasteiger charge is 2.48. The first-order valence-corrected chi connectivity index (χ1v) is 10.8. The van der Waals surface area contributed by atoms with E-state index in [-0.39, 0.29) is 0 Å². The van der Waals surface area contributed by atoms with Crippen molar-refractivity contribution in [3.63, 3.8) is 0 Å². The molecule has 2 nitrogen and oxygen atoms in total. The van der Waals surface area contributed by atoms with Gasteiger partial charge in [-0.05, 0) is 90.5 Å². The lowest BCUT2D eigenvalue weighted by atomic mass is 9.95. The van der Waals surface area contributed by atoms with E-state index in [2.05, 4.69) is 32.0 Å². The molecule has 3 heteroatoms. The van der Waals surface area contributed by atoms with Crippen molar-refractivity contribution in [2.24, 2.45) is 5.41 Å². The molecule has 2 aliphatic rings. The van der Waals surface area contributed by atoms with Gasteiger partial charge in [-0.25, -0.2) is 8.42 Å². The highest BCUT2D eigenvalue weighted by atomic mass is 32.2. The van der Waals surface area contributed by atoms with Crippen LogP contribution < -0.4 is 0 Å². The van der Waals surface area contributed by atoms with E-state index in [1.807, 2.05) is 12.1 Å². The number of hydrogen-bond acceptors (Lipinski definition) is 2. The molecule has 1 spiro atoms. The van der Waals surface area contributed by atoms with E-state index in [0.717, 1.165) is 12.8 Å². The highest BCUT2D eigenvalue weighted by Crippen LogP contribution is 2.63. The maximum atomic E-state index is 11.7. The monoisotopic (exact) mass is 352 g/mol. The zero-order chi connectivity index (χ0) is 17.8. The Morgan fingerprint density at radius 2 is 1.36 bits per heavy atom. The Bertz CT molecular complexity index is 975. The van der Waals surface area contributed by atoms with E-state index in [1.54, 1.807) is 12.1 Å². The third kappa shape index (κ3) is 3.06. The third-order valence-corrected chi connectivity index (χ3v) is 7.04. The van der Waals surface area contributed by atoms with Crippen LogP contribution in [0.3, 0.4) is 0 Å². The fourth-order valence-corrected chi connectivity index (χ4v) is 4.57. The van der Waals surface area contributed by atoms with Gasteiger partial charge in [0.1, 0.15) is 0 Å². The van der Waals surface area contributed by atoms with Gasteiger partial charge < -0.3 is 0 Å². The first kappa shape index (κ1) is 16.6. The molecule has 0 atom stereocenters. The number of allylic oxidation sites excluding steroid dienone is 2. The van der Waals surface area contributed by atoms with Crippen molar-refractivity contribution in [2.45, 2.75) is 44.4 Å². The van der Waals surface area contributed by atoms with E-state index in [0.29, 0.717) is 10.3 Å². The maximum Gasteiger partial charge on any atom is 0.175 e.